The molecule has 12 nitrogen and oxygen atoms in total. The zero-order chi connectivity index (χ0) is 31.0. The van der Waals surface area contributed by atoms with Crippen LogP contribution in [0, 0.1) is 11.8 Å². The molecule has 2 aromatic rings. The maximum Gasteiger partial charge on any atom is 0.427 e. The highest BCUT2D eigenvalue weighted by Crippen LogP contribution is 2.44. The Bertz CT molecular complexity index is 1440. The van der Waals surface area contributed by atoms with Crippen LogP contribution >= 0.6 is 0 Å². The Morgan fingerprint density at radius 1 is 1.24 bits per heavy atom. The minimum absolute atomic E-state index is 0.00729. The van der Waals surface area contributed by atoms with Crippen LogP contribution in [-0.2, 0) is 26.1 Å². The second kappa shape index (κ2) is 11.5. The average molecular weight is 618 g/mol. The van der Waals surface area contributed by atoms with Crippen LogP contribution < -0.4 is 24.8 Å². The molecular weight excluding hydrogens is 583 g/mol. The lowest BCUT2D eigenvalue weighted by Gasteiger charge is -2.36. The SMILES string of the molecule is CCOc1nn(CC)cc1S(=O)(=O)N1C[C@H](CC(C(N)=O)C2CC2)Oc2ccc(NC(=O)OC(C)(C)C(F)(F)F)cc21. The number of hydrogen-bond acceptors (Lipinski definition) is 8. The number of nitrogens with one attached hydrogen (secondary N) is 1. The van der Waals surface area contributed by atoms with E-state index in [9.17, 15) is 31.2 Å². The fraction of sp³-hybridized carbons (Fsp3) is 0.577. The first-order valence-corrected chi connectivity index (χ1v) is 14.9. The number of primary amides is 1. The largest absolute Gasteiger partial charge is 0.486 e. The summed E-state index contributed by atoms with van der Waals surface area (Å²) in [5.41, 5.74) is 2.83. The quantitative estimate of drug-likeness (QED) is 0.383. The number of carbonyl (C=O) groups excluding carboxylic acids is 2. The predicted molar refractivity (Wildman–Crippen MR) is 145 cm³/mol. The van der Waals surface area contributed by atoms with Gasteiger partial charge in [0.25, 0.3) is 15.9 Å². The molecule has 2 atom stereocenters. The van der Waals surface area contributed by atoms with Gasteiger partial charge in [-0.1, -0.05) is 0 Å². The minimum Gasteiger partial charge on any atom is -0.486 e. The number of aryl methyl sites for hydroxylation is 1. The van der Waals surface area contributed by atoms with Gasteiger partial charge in [-0.15, -0.1) is 5.10 Å². The highest BCUT2D eigenvalue weighted by atomic mass is 32.2. The molecule has 1 saturated carbocycles. The lowest BCUT2D eigenvalue weighted by molar-refractivity contribution is -0.242. The molecule has 4 rings (SSSR count). The van der Waals surface area contributed by atoms with Crippen LogP contribution in [0.2, 0.25) is 0 Å². The normalized spacial score (nSPS) is 18.1. The van der Waals surface area contributed by atoms with Crippen molar-refractivity contribution in [1.82, 2.24) is 9.78 Å². The standard InChI is InChI=1S/C26H34F3N5O7S/c1-5-33-14-21(23(32-33)39-6-2)42(37,38)34-13-17(12-18(22(30)35)15-7-8-15)40-20-10-9-16(11-19(20)34)31-24(36)41-25(3,4)26(27,28)29/h9-11,14-15,17-18H,5-8,12-13H2,1-4H3,(H2,30,35)(H,31,36)/t17-,18?/m0/s1. The molecule has 2 heterocycles. The first-order chi connectivity index (χ1) is 19.6. The fourth-order valence-corrected chi connectivity index (χ4v) is 6.15. The van der Waals surface area contributed by atoms with Crippen molar-refractivity contribution < 1.29 is 45.4 Å². The van der Waals surface area contributed by atoms with Gasteiger partial charge in [-0.2, -0.15) is 13.2 Å². The van der Waals surface area contributed by atoms with E-state index < -0.39 is 45.8 Å². The van der Waals surface area contributed by atoms with Gasteiger partial charge in [-0.05, 0) is 71.1 Å². The molecule has 1 aliphatic carbocycles. The number of rotatable bonds is 11. The zero-order valence-electron chi connectivity index (χ0n) is 23.6. The Hall–Kier alpha value is -3.69. The molecular formula is C26H34F3N5O7S. The van der Waals surface area contributed by atoms with E-state index >= 15 is 0 Å². The van der Waals surface area contributed by atoms with Crippen molar-refractivity contribution in [3.05, 3.63) is 24.4 Å². The van der Waals surface area contributed by atoms with Crippen LogP contribution in [0.3, 0.4) is 0 Å². The number of benzene rings is 1. The molecule has 1 aromatic carbocycles. The molecule has 42 heavy (non-hydrogen) atoms. The van der Waals surface area contributed by atoms with Crippen molar-refractivity contribution in [1.29, 1.82) is 0 Å². The number of fused-ring (bicyclic) bond motifs is 1. The van der Waals surface area contributed by atoms with Crippen LogP contribution in [-0.4, -0.2) is 61.2 Å². The summed E-state index contributed by atoms with van der Waals surface area (Å²) in [4.78, 5) is 24.3. The number of sulfonamides is 1. The smallest absolute Gasteiger partial charge is 0.427 e. The summed E-state index contributed by atoms with van der Waals surface area (Å²) < 4.78 is 86.5. The van der Waals surface area contributed by atoms with Crippen molar-refractivity contribution in [3.63, 3.8) is 0 Å². The van der Waals surface area contributed by atoms with E-state index in [1.807, 2.05) is 0 Å². The van der Waals surface area contributed by atoms with Gasteiger partial charge in [-0.3, -0.25) is 19.1 Å². The minimum atomic E-state index is -4.82. The van der Waals surface area contributed by atoms with Gasteiger partial charge in [0, 0.05) is 24.3 Å². The summed E-state index contributed by atoms with van der Waals surface area (Å²) in [6.45, 7) is 5.16. The van der Waals surface area contributed by atoms with E-state index in [4.69, 9.17) is 15.2 Å². The summed E-state index contributed by atoms with van der Waals surface area (Å²) in [6, 6.07) is 3.97. The molecule has 0 bridgehead atoms. The van der Waals surface area contributed by atoms with Crippen molar-refractivity contribution >= 4 is 33.4 Å². The van der Waals surface area contributed by atoms with Crippen LogP contribution in [0.4, 0.5) is 29.3 Å². The second-order valence-corrected chi connectivity index (χ2v) is 12.5. The van der Waals surface area contributed by atoms with Gasteiger partial charge >= 0.3 is 12.3 Å². The highest BCUT2D eigenvalue weighted by molar-refractivity contribution is 7.93. The second-order valence-electron chi connectivity index (χ2n) is 10.7. The van der Waals surface area contributed by atoms with Gasteiger partial charge in [0.15, 0.2) is 4.90 Å². The number of nitrogens with two attached hydrogens (primary N) is 1. The fourth-order valence-electron chi connectivity index (χ4n) is 4.58. The third-order valence-electron chi connectivity index (χ3n) is 7.11. The number of alkyl halides is 3. The number of nitrogens with zero attached hydrogens (tertiary/aromatic N) is 3. The van der Waals surface area contributed by atoms with Gasteiger partial charge in [0.2, 0.25) is 11.5 Å². The van der Waals surface area contributed by atoms with E-state index in [0.29, 0.717) is 20.4 Å². The molecule has 16 heteroatoms. The highest BCUT2D eigenvalue weighted by Gasteiger charge is 2.51. The van der Waals surface area contributed by atoms with E-state index in [0.717, 1.165) is 17.1 Å². The molecule has 0 radical (unpaired) electrons. The maximum atomic E-state index is 14.1. The Balaban J connectivity index is 1.71. The van der Waals surface area contributed by atoms with E-state index in [1.54, 1.807) is 13.8 Å². The Morgan fingerprint density at radius 3 is 2.50 bits per heavy atom. The molecule has 1 aliphatic heterocycles. The van der Waals surface area contributed by atoms with Gasteiger partial charge in [-0.25, -0.2) is 13.2 Å². The van der Waals surface area contributed by atoms with E-state index in [-0.39, 0.29) is 53.4 Å². The van der Waals surface area contributed by atoms with Crippen molar-refractivity contribution in [3.8, 4) is 11.6 Å². The van der Waals surface area contributed by atoms with Crippen molar-refractivity contribution in [2.75, 3.05) is 22.8 Å². The van der Waals surface area contributed by atoms with Gasteiger partial charge in [0.1, 0.15) is 11.9 Å². The Morgan fingerprint density at radius 2 is 1.93 bits per heavy atom. The lowest BCUT2D eigenvalue weighted by atomic mass is 9.95. The molecule has 2 amide bonds. The number of carbonyl (C=O) groups is 2. The number of ether oxygens (including phenoxy) is 3. The molecule has 0 spiro atoms. The average Bonchev–Trinajstić information content (AvgIpc) is 3.64. The van der Waals surface area contributed by atoms with Crippen LogP contribution in [0.5, 0.6) is 11.6 Å². The molecule has 1 fully saturated rings. The predicted octanol–water partition coefficient (Wildman–Crippen LogP) is 4.05. The lowest BCUT2D eigenvalue weighted by Crippen LogP contribution is -2.45. The number of hydrogen-bond donors (Lipinski definition) is 2. The number of anilines is 2. The number of halogens is 3. The zero-order valence-corrected chi connectivity index (χ0v) is 24.4. The number of aromatic nitrogens is 2. The number of amides is 2. The Labute approximate surface area is 241 Å². The first-order valence-electron chi connectivity index (χ1n) is 13.5. The first kappa shape index (κ1) is 31.3. The molecule has 0 saturated heterocycles. The van der Waals surface area contributed by atoms with Crippen LogP contribution in [0.25, 0.3) is 0 Å². The summed E-state index contributed by atoms with van der Waals surface area (Å²) in [7, 11) is -4.37. The topological polar surface area (TPSA) is 155 Å². The molecule has 2 aliphatic rings. The summed E-state index contributed by atoms with van der Waals surface area (Å²) >= 11 is 0. The summed E-state index contributed by atoms with van der Waals surface area (Å²) in [6.07, 6.45) is -3.78. The molecule has 232 valence electrons. The summed E-state index contributed by atoms with van der Waals surface area (Å²) in [5.74, 6) is -0.892. The monoisotopic (exact) mass is 617 g/mol. The summed E-state index contributed by atoms with van der Waals surface area (Å²) in [5, 5.41) is 6.42. The Kier molecular flexibility index (Phi) is 8.58. The van der Waals surface area contributed by atoms with E-state index in [2.05, 4.69) is 15.2 Å². The van der Waals surface area contributed by atoms with Gasteiger partial charge < -0.3 is 19.9 Å². The molecule has 1 unspecified atom stereocenters. The van der Waals surface area contributed by atoms with Gasteiger partial charge in [0.05, 0.1) is 18.8 Å². The van der Waals surface area contributed by atoms with Crippen LogP contribution in [0.1, 0.15) is 47.0 Å². The molecule has 3 N–H and O–H groups in total. The third kappa shape index (κ3) is 6.52. The van der Waals surface area contributed by atoms with Crippen molar-refractivity contribution in [2.45, 2.75) is 76.3 Å². The van der Waals surface area contributed by atoms with E-state index in [1.165, 1.54) is 29.1 Å². The third-order valence-corrected chi connectivity index (χ3v) is 8.87. The maximum absolute atomic E-state index is 14.1. The molecule has 1 aromatic heterocycles. The van der Waals surface area contributed by atoms with Crippen molar-refractivity contribution in [2.24, 2.45) is 17.6 Å². The van der Waals surface area contributed by atoms with Crippen LogP contribution in [0.15, 0.2) is 29.3 Å².